The molecule has 3 fully saturated rings. The topological polar surface area (TPSA) is 57.5 Å². The summed E-state index contributed by atoms with van der Waals surface area (Å²) in [4.78, 5) is 12.3. The van der Waals surface area contributed by atoms with Crippen LogP contribution in [0.2, 0.25) is 0 Å². The van der Waals surface area contributed by atoms with Crippen LogP contribution in [0.25, 0.3) is 0 Å². The van der Waals surface area contributed by atoms with Crippen LogP contribution in [0.15, 0.2) is 23.8 Å². The van der Waals surface area contributed by atoms with Gasteiger partial charge >= 0.3 is 5.97 Å². The van der Waals surface area contributed by atoms with Gasteiger partial charge in [0.2, 0.25) is 0 Å². The van der Waals surface area contributed by atoms with Crippen LogP contribution in [0.5, 0.6) is 0 Å². The van der Waals surface area contributed by atoms with Gasteiger partial charge in [0, 0.05) is 11.3 Å². The van der Waals surface area contributed by atoms with Crippen molar-refractivity contribution in [2.24, 2.45) is 34.5 Å². The summed E-state index contributed by atoms with van der Waals surface area (Å²) >= 11 is 0. The highest BCUT2D eigenvalue weighted by Crippen LogP contribution is 2.75. The minimum Gasteiger partial charge on any atom is -0.481 e. The molecule has 2 unspecified atom stereocenters. The Morgan fingerprint density at radius 3 is 2.82 bits per heavy atom. The maximum atomic E-state index is 12.3. The molecule has 3 saturated carbocycles. The summed E-state index contributed by atoms with van der Waals surface area (Å²) in [6, 6.07) is 0. The molecule has 0 radical (unpaired) electrons. The Hall–Kier alpha value is -1.09. The third-order valence-electron chi connectivity index (χ3n) is 7.77. The molecule has 3 nitrogen and oxygen atoms in total. The maximum Gasteiger partial charge on any atom is 0.307 e. The zero-order chi connectivity index (χ0) is 15.9. The van der Waals surface area contributed by atoms with Crippen LogP contribution in [0, 0.1) is 34.5 Å². The third kappa shape index (κ3) is 1.44. The lowest BCUT2D eigenvalue weighted by Gasteiger charge is -2.47. The normalized spacial score (nSPS) is 53.0. The van der Waals surface area contributed by atoms with Gasteiger partial charge in [0.05, 0.1) is 12.0 Å². The fourth-order valence-electron chi connectivity index (χ4n) is 7.02. The number of hydrogen-bond acceptors (Lipinski definition) is 2. The molecule has 2 bridgehead atoms. The van der Waals surface area contributed by atoms with Crippen molar-refractivity contribution in [2.45, 2.75) is 52.1 Å². The Labute approximate surface area is 132 Å². The van der Waals surface area contributed by atoms with E-state index >= 15 is 0 Å². The predicted molar refractivity (Wildman–Crippen MR) is 84.1 cm³/mol. The minimum atomic E-state index is -0.670. The number of allylic oxidation sites excluding steroid dienone is 2. The summed E-state index contributed by atoms with van der Waals surface area (Å²) < 4.78 is 0. The Morgan fingerprint density at radius 2 is 2.14 bits per heavy atom. The van der Waals surface area contributed by atoms with E-state index in [1.54, 1.807) is 0 Å². The highest BCUT2D eigenvalue weighted by atomic mass is 16.4. The summed E-state index contributed by atoms with van der Waals surface area (Å²) in [7, 11) is 0. The molecule has 2 N–H and O–H groups in total. The van der Waals surface area contributed by atoms with Gasteiger partial charge in [-0.1, -0.05) is 30.7 Å². The molecule has 0 aromatic rings. The molecule has 4 rings (SSSR count). The molecule has 0 saturated heterocycles. The Kier molecular flexibility index (Phi) is 2.80. The van der Waals surface area contributed by atoms with Gasteiger partial charge in [0.1, 0.15) is 0 Å². The third-order valence-corrected chi connectivity index (χ3v) is 7.77. The maximum absolute atomic E-state index is 12.3. The summed E-state index contributed by atoms with van der Waals surface area (Å²) in [6.45, 7) is 8.49. The van der Waals surface area contributed by atoms with Gasteiger partial charge in [-0.05, 0) is 56.3 Å². The number of carboxylic acids is 1. The molecule has 0 aliphatic heterocycles. The number of rotatable bonds is 1. The van der Waals surface area contributed by atoms with E-state index in [0.29, 0.717) is 18.3 Å². The number of aliphatic hydroxyl groups is 1. The zero-order valence-electron chi connectivity index (χ0n) is 13.5. The van der Waals surface area contributed by atoms with E-state index < -0.39 is 12.1 Å². The minimum absolute atomic E-state index is 0.0246. The lowest BCUT2D eigenvalue weighted by molar-refractivity contribution is -0.148. The first kappa shape index (κ1) is 14.5. The van der Waals surface area contributed by atoms with E-state index in [1.807, 2.05) is 0 Å². The second-order valence-electron chi connectivity index (χ2n) is 8.46. The fourth-order valence-corrected chi connectivity index (χ4v) is 7.02. The molecule has 4 aliphatic rings. The fraction of sp³-hybridized carbons (Fsp3) is 0.737. The van der Waals surface area contributed by atoms with Gasteiger partial charge in [-0.3, -0.25) is 4.79 Å². The molecular formula is C19H26O3. The van der Waals surface area contributed by atoms with Crippen LogP contribution in [0.1, 0.15) is 46.0 Å². The van der Waals surface area contributed by atoms with Crippen molar-refractivity contribution in [1.82, 2.24) is 0 Å². The standard InChI is InChI=1S/C19H26O3/c1-10-4-7-14(20)18(3)13-6-5-12-9-19(13,8-11(12)2)16(15(10)18)17(21)22/h4,12-16,20H,2,5-9H2,1,3H3,(H,21,22)/t12?,13-,14?,15-,16+,18+,19-/m0/s1. The zero-order valence-corrected chi connectivity index (χ0v) is 13.5. The van der Waals surface area contributed by atoms with Gasteiger partial charge in [-0.25, -0.2) is 0 Å². The number of carbonyl (C=O) groups is 1. The van der Waals surface area contributed by atoms with Gasteiger partial charge in [-0.2, -0.15) is 0 Å². The molecule has 0 aromatic carbocycles. The SMILES string of the molecule is C=C1C[C@]23CC1CC[C@H]2[C@]1(C)C(O)CC=C(C)[C@H]1[C@@H]3C(=O)O. The molecule has 22 heavy (non-hydrogen) atoms. The van der Waals surface area contributed by atoms with Gasteiger partial charge in [-0.15, -0.1) is 0 Å². The van der Waals surface area contributed by atoms with Crippen LogP contribution < -0.4 is 0 Å². The molecular weight excluding hydrogens is 276 g/mol. The molecule has 1 spiro atoms. The van der Waals surface area contributed by atoms with Crippen molar-refractivity contribution < 1.29 is 15.0 Å². The van der Waals surface area contributed by atoms with Crippen molar-refractivity contribution >= 4 is 5.97 Å². The average Bonchev–Trinajstić information content (AvgIpc) is 2.84. The molecule has 4 aliphatic carbocycles. The summed E-state index contributed by atoms with van der Waals surface area (Å²) in [6.07, 6.45) is 6.31. The van der Waals surface area contributed by atoms with E-state index in [0.717, 1.165) is 25.7 Å². The average molecular weight is 302 g/mol. The Bertz CT molecular complexity index is 591. The number of hydrogen-bond donors (Lipinski definition) is 2. The van der Waals surface area contributed by atoms with Gasteiger partial charge in [0.15, 0.2) is 0 Å². The summed E-state index contributed by atoms with van der Waals surface area (Å²) in [5.74, 6) is -0.251. The van der Waals surface area contributed by atoms with Crippen LogP contribution in [0.4, 0.5) is 0 Å². The molecule has 120 valence electrons. The van der Waals surface area contributed by atoms with Gasteiger partial charge < -0.3 is 10.2 Å². The van der Waals surface area contributed by atoms with Crippen molar-refractivity contribution in [3.05, 3.63) is 23.8 Å². The second-order valence-corrected chi connectivity index (χ2v) is 8.46. The number of fused-ring (bicyclic) bond motifs is 3. The quantitative estimate of drug-likeness (QED) is 0.730. The van der Waals surface area contributed by atoms with E-state index in [2.05, 4.69) is 26.5 Å². The van der Waals surface area contributed by atoms with Crippen LogP contribution in [-0.2, 0) is 4.79 Å². The first-order chi connectivity index (χ1) is 10.3. The van der Waals surface area contributed by atoms with E-state index in [-0.39, 0.29) is 22.7 Å². The monoisotopic (exact) mass is 302 g/mol. The molecule has 7 atom stereocenters. The first-order valence-corrected chi connectivity index (χ1v) is 8.57. The van der Waals surface area contributed by atoms with Crippen LogP contribution in [-0.4, -0.2) is 22.3 Å². The van der Waals surface area contributed by atoms with Crippen molar-refractivity contribution in [2.75, 3.05) is 0 Å². The highest BCUT2D eigenvalue weighted by Gasteiger charge is 2.72. The van der Waals surface area contributed by atoms with Gasteiger partial charge in [0.25, 0.3) is 0 Å². The molecule has 3 heteroatoms. The summed E-state index contributed by atoms with van der Waals surface area (Å²) in [5, 5.41) is 20.9. The summed E-state index contributed by atoms with van der Waals surface area (Å²) in [5.41, 5.74) is 1.97. The Morgan fingerprint density at radius 1 is 1.41 bits per heavy atom. The first-order valence-electron chi connectivity index (χ1n) is 8.57. The second kappa shape index (κ2) is 4.25. The predicted octanol–water partition coefficient (Wildman–Crippen LogP) is 3.40. The van der Waals surface area contributed by atoms with Crippen molar-refractivity contribution in [1.29, 1.82) is 0 Å². The van der Waals surface area contributed by atoms with E-state index in [9.17, 15) is 15.0 Å². The van der Waals surface area contributed by atoms with Crippen molar-refractivity contribution in [3.8, 4) is 0 Å². The largest absolute Gasteiger partial charge is 0.481 e. The number of carboxylic acid groups (broad SMARTS) is 1. The van der Waals surface area contributed by atoms with Crippen molar-refractivity contribution in [3.63, 3.8) is 0 Å². The number of aliphatic carboxylic acids is 1. The molecule has 0 amide bonds. The Balaban J connectivity index is 1.93. The smallest absolute Gasteiger partial charge is 0.307 e. The highest BCUT2D eigenvalue weighted by molar-refractivity contribution is 5.74. The number of aliphatic hydroxyl groups excluding tert-OH is 1. The molecule has 0 aromatic heterocycles. The molecule has 0 heterocycles. The van der Waals surface area contributed by atoms with Crippen LogP contribution >= 0.6 is 0 Å². The lowest BCUT2D eigenvalue weighted by atomic mass is 9.58. The van der Waals surface area contributed by atoms with E-state index in [4.69, 9.17) is 0 Å². The van der Waals surface area contributed by atoms with E-state index in [1.165, 1.54) is 11.1 Å². The lowest BCUT2D eigenvalue weighted by Crippen LogP contribution is -2.46. The van der Waals surface area contributed by atoms with Crippen LogP contribution in [0.3, 0.4) is 0 Å².